The molecule has 21 heteroatoms. The number of aliphatic hydroxyl groups excluding tert-OH is 1. The summed E-state index contributed by atoms with van der Waals surface area (Å²) in [6, 6.07) is -8.13. The molecular weight excluding hydrogens is 791 g/mol. The molecular formula is C38H69N9O11S. The van der Waals surface area contributed by atoms with Gasteiger partial charge < -0.3 is 58.5 Å². The first-order chi connectivity index (χ1) is 27.4. The standard InChI is InChI=1S/C38H69N9O11S/c1-12-20(7)29(35(54)41-16-25(49)43-28(19(5)6)38(57)58)46-33(52)24(14-15-59-11)42-36(55)30(21(8)13-2)44-26(50)17-40-34(53)27(18(3)4)45-37(56)31(23(10)48)47-32(51)22(9)39/h18-24,27-31,48H,12-17,39H2,1-11H3,(H,40,53)(H,41,54)(H,42,55)(H,43,49)(H,44,50)(H,45,56)(H,46,52)(H,47,51)(H,57,58)/t20-,21-,22-,23+,24-,27-,28-,29-,30-,31-/m0/s1. The average Bonchev–Trinajstić information content (AvgIpc) is 3.16. The van der Waals surface area contributed by atoms with Gasteiger partial charge in [-0.2, -0.15) is 11.8 Å². The molecule has 20 nitrogen and oxygen atoms in total. The lowest BCUT2D eigenvalue weighted by atomic mass is 9.96. The van der Waals surface area contributed by atoms with E-state index in [1.807, 2.05) is 6.26 Å². The molecule has 0 spiro atoms. The summed E-state index contributed by atoms with van der Waals surface area (Å²) in [4.78, 5) is 116. The van der Waals surface area contributed by atoms with Gasteiger partial charge in [0.2, 0.25) is 47.3 Å². The summed E-state index contributed by atoms with van der Waals surface area (Å²) in [6.07, 6.45) is 1.53. The maximum absolute atomic E-state index is 13.8. The molecule has 10 atom stereocenters. The van der Waals surface area contributed by atoms with Crippen LogP contribution in [0.3, 0.4) is 0 Å². The SMILES string of the molecule is CC[C@H](C)[C@H](NC(=O)CNC(=O)[C@@H](NC(=O)[C@@H](NC(=O)[C@H](C)N)[C@@H](C)O)C(C)C)C(=O)N[C@@H](CCSC)C(=O)N[C@H](C(=O)NCC(=O)N[C@H](C(=O)O)C(C)C)[C@@H](C)CC. The van der Waals surface area contributed by atoms with Crippen LogP contribution in [-0.4, -0.2) is 137 Å². The highest BCUT2D eigenvalue weighted by molar-refractivity contribution is 7.98. The van der Waals surface area contributed by atoms with E-state index in [1.54, 1.807) is 55.4 Å². The molecule has 59 heavy (non-hydrogen) atoms. The number of hydrogen-bond acceptors (Lipinski definition) is 12. The van der Waals surface area contributed by atoms with Crippen LogP contribution in [0.15, 0.2) is 0 Å². The number of carboxylic acid groups (broad SMARTS) is 1. The van der Waals surface area contributed by atoms with Crippen LogP contribution in [0.5, 0.6) is 0 Å². The molecule has 0 saturated heterocycles. The van der Waals surface area contributed by atoms with E-state index in [1.165, 1.54) is 25.6 Å². The molecule has 0 aromatic heterocycles. The van der Waals surface area contributed by atoms with Crippen molar-refractivity contribution in [2.24, 2.45) is 29.4 Å². The Hall–Kier alpha value is -4.50. The molecule has 0 bridgehead atoms. The van der Waals surface area contributed by atoms with Crippen LogP contribution in [0.2, 0.25) is 0 Å². The van der Waals surface area contributed by atoms with Crippen molar-refractivity contribution >= 4 is 65.0 Å². The number of hydrogen-bond donors (Lipinski definition) is 11. The van der Waals surface area contributed by atoms with Crippen LogP contribution in [0, 0.1) is 23.7 Å². The second-order valence-corrected chi connectivity index (χ2v) is 16.4. The van der Waals surface area contributed by atoms with E-state index < -0.39 is 138 Å². The van der Waals surface area contributed by atoms with E-state index in [0.29, 0.717) is 18.6 Å². The summed E-state index contributed by atoms with van der Waals surface area (Å²) >= 11 is 1.41. The lowest BCUT2D eigenvalue weighted by molar-refractivity contribution is -0.143. The van der Waals surface area contributed by atoms with Crippen molar-refractivity contribution in [2.45, 2.75) is 137 Å². The average molecular weight is 860 g/mol. The summed E-state index contributed by atoms with van der Waals surface area (Å²) in [6.45, 7) is 15.1. The van der Waals surface area contributed by atoms with Crippen molar-refractivity contribution < 1.29 is 53.4 Å². The number of nitrogens with two attached hydrogens (primary N) is 1. The van der Waals surface area contributed by atoms with Crippen LogP contribution in [-0.2, 0) is 43.2 Å². The monoisotopic (exact) mass is 859 g/mol. The van der Waals surface area contributed by atoms with E-state index in [2.05, 4.69) is 42.5 Å². The molecule has 0 saturated carbocycles. The van der Waals surface area contributed by atoms with Gasteiger partial charge in [-0.15, -0.1) is 0 Å². The van der Waals surface area contributed by atoms with E-state index in [0.717, 1.165) is 0 Å². The molecule has 0 radical (unpaired) electrons. The number of aliphatic carboxylic acids is 1. The van der Waals surface area contributed by atoms with Crippen LogP contribution in [0.25, 0.3) is 0 Å². The third-order valence-corrected chi connectivity index (χ3v) is 10.3. The lowest BCUT2D eigenvalue weighted by Gasteiger charge is -2.29. The summed E-state index contributed by atoms with van der Waals surface area (Å²) in [5, 5.41) is 39.6. The van der Waals surface area contributed by atoms with Gasteiger partial charge in [0.25, 0.3) is 0 Å². The predicted molar refractivity (Wildman–Crippen MR) is 222 cm³/mol. The number of rotatable bonds is 27. The Bertz CT molecular complexity index is 1450. The Morgan fingerprint density at radius 1 is 0.542 bits per heavy atom. The van der Waals surface area contributed by atoms with Gasteiger partial charge in [0, 0.05) is 0 Å². The fourth-order valence-corrected chi connectivity index (χ4v) is 5.88. The molecule has 12 N–H and O–H groups in total. The van der Waals surface area contributed by atoms with Gasteiger partial charge in [0.15, 0.2) is 0 Å². The van der Waals surface area contributed by atoms with Crippen molar-refractivity contribution in [1.82, 2.24) is 42.5 Å². The van der Waals surface area contributed by atoms with Gasteiger partial charge in [-0.25, -0.2) is 4.79 Å². The molecule has 0 aliphatic heterocycles. The molecule has 338 valence electrons. The quantitative estimate of drug-likeness (QED) is 0.0431. The third kappa shape index (κ3) is 19.4. The minimum Gasteiger partial charge on any atom is -0.480 e. The van der Waals surface area contributed by atoms with Gasteiger partial charge in [-0.05, 0) is 55.9 Å². The predicted octanol–water partition coefficient (Wildman–Crippen LogP) is -1.90. The maximum atomic E-state index is 13.8. The van der Waals surface area contributed by atoms with Crippen molar-refractivity contribution in [3.05, 3.63) is 0 Å². The van der Waals surface area contributed by atoms with Crippen molar-refractivity contribution in [2.75, 3.05) is 25.1 Å². The number of carboxylic acids is 1. The topological polar surface area (TPSA) is 316 Å². The van der Waals surface area contributed by atoms with E-state index in [4.69, 9.17) is 5.73 Å². The Labute approximate surface area is 351 Å². The number of carbonyl (C=O) groups is 9. The summed E-state index contributed by atoms with van der Waals surface area (Å²) in [5.74, 6) is -8.35. The zero-order chi connectivity index (χ0) is 45.7. The zero-order valence-corrected chi connectivity index (χ0v) is 37.0. The number of nitrogens with one attached hydrogen (secondary N) is 8. The van der Waals surface area contributed by atoms with Gasteiger partial charge >= 0.3 is 5.97 Å². The lowest BCUT2D eigenvalue weighted by Crippen LogP contribution is -2.60. The molecule has 0 unspecified atom stereocenters. The van der Waals surface area contributed by atoms with Crippen LogP contribution >= 0.6 is 11.8 Å². The first-order valence-electron chi connectivity index (χ1n) is 19.9. The van der Waals surface area contributed by atoms with Crippen molar-refractivity contribution in [3.8, 4) is 0 Å². The van der Waals surface area contributed by atoms with Crippen LogP contribution in [0.1, 0.15) is 88.5 Å². The van der Waals surface area contributed by atoms with E-state index >= 15 is 0 Å². The highest BCUT2D eigenvalue weighted by Gasteiger charge is 2.35. The largest absolute Gasteiger partial charge is 0.480 e. The molecule has 0 aliphatic carbocycles. The molecule has 8 amide bonds. The Morgan fingerprint density at radius 2 is 0.949 bits per heavy atom. The van der Waals surface area contributed by atoms with E-state index in [-0.39, 0.29) is 6.42 Å². The van der Waals surface area contributed by atoms with Gasteiger partial charge in [-0.1, -0.05) is 68.2 Å². The third-order valence-electron chi connectivity index (χ3n) is 9.67. The number of amides is 8. The van der Waals surface area contributed by atoms with Crippen molar-refractivity contribution in [1.29, 1.82) is 0 Å². The van der Waals surface area contributed by atoms with Crippen LogP contribution in [0.4, 0.5) is 0 Å². The number of carbonyl (C=O) groups excluding carboxylic acids is 8. The molecule has 0 aromatic carbocycles. The van der Waals surface area contributed by atoms with Crippen molar-refractivity contribution in [3.63, 3.8) is 0 Å². The van der Waals surface area contributed by atoms with Gasteiger partial charge in [0.1, 0.15) is 36.3 Å². The second-order valence-electron chi connectivity index (χ2n) is 15.5. The Morgan fingerprint density at radius 3 is 1.36 bits per heavy atom. The molecule has 0 heterocycles. The highest BCUT2D eigenvalue weighted by atomic mass is 32.2. The Balaban J connectivity index is 5.90. The highest BCUT2D eigenvalue weighted by Crippen LogP contribution is 2.13. The smallest absolute Gasteiger partial charge is 0.326 e. The van der Waals surface area contributed by atoms with E-state index in [9.17, 15) is 53.4 Å². The molecule has 0 aromatic rings. The first-order valence-corrected chi connectivity index (χ1v) is 21.3. The number of aliphatic hydroxyl groups is 1. The van der Waals surface area contributed by atoms with Gasteiger partial charge in [0.05, 0.1) is 25.2 Å². The summed E-state index contributed by atoms with van der Waals surface area (Å²) in [5.41, 5.74) is 5.56. The molecule has 0 aliphatic rings. The normalized spacial score (nSPS) is 16.3. The first kappa shape index (κ1) is 54.5. The maximum Gasteiger partial charge on any atom is 0.326 e. The minimum atomic E-state index is -1.41. The summed E-state index contributed by atoms with van der Waals surface area (Å²) in [7, 11) is 0. The molecule has 0 fully saturated rings. The summed E-state index contributed by atoms with van der Waals surface area (Å²) < 4.78 is 0. The zero-order valence-electron chi connectivity index (χ0n) is 36.2. The number of thioether (sulfide) groups is 1. The Kier molecular flexibility index (Phi) is 25.2. The molecule has 0 rings (SSSR count). The van der Waals surface area contributed by atoms with Gasteiger partial charge in [-0.3, -0.25) is 38.4 Å². The fourth-order valence-electron chi connectivity index (χ4n) is 5.41. The second kappa shape index (κ2) is 27.3. The van der Waals surface area contributed by atoms with Crippen LogP contribution < -0.4 is 48.3 Å². The fraction of sp³-hybridized carbons (Fsp3) is 0.763. The minimum absolute atomic E-state index is 0.159.